The number of anilines is 1. The molecule has 0 aliphatic heterocycles. The minimum atomic E-state index is 0. The van der Waals surface area contributed by atoms with Gasteiger partial charge in [-0.25, -0.2) is 4.98 Å². The van der Waals surface area contributed by atoms with Gasteiger partial charge < -0.3 is 4.90 Å². The highest BCUT2D eigenvalue weighted by atomic mass is 35.5. The van der Waals surface area contributed by atoms with Crippen molar-refractivity contribution in [1.82, 2.24) is 4.98 Å². The number of nitrogens with zero attached hydrogens (tertiary/aromatic N) is 3. The molecule has 0 aliphatic rings. The van der Waals surface area contributed by atoms with Crippen LogP contribution < -0.4 is 4.90 Å². The molecule has 0 fully saturated rings. The molecule has 3 nitrogen and oxygen atoms in total. The maximum absolute atomic E-state index is 5.91. The first-order valence-corrected chi connectivity index (χ1v) is 12.7. The summed E-state index contributed by atoms with van der Waals surface area (Å²) >= 11 is 13.5. The highest BCUT2D eigenvalue weighted by Gasteiger charge is 2.11. The molecular formula is C27H26Cl3N3S. The SMILES string of the molecule is Cc1sc(-c2ccccc2)nc1-c1ccc(N=Cc2ccc(N(CCCl)CCCl)cc2)cc1.Cl. The second-order valence-electron chi connectivity index (χ2n) is 7.55. The van der Waals surface area contributed by atoms with Gasteiger partial charge in [0, 0.05) is 52.8 Å². The Morgan fingerprint density at radius 2 is 1.50 bits per heavy atom. The predicted molar refractivity (Wildman–Crippen MR) is 152 cm³/mol. The van der Waals surface area contributed by atoms with Crippen molar-refractivity contribution in [2.75, 3.05) is 29.7 Å². The molecule has 0 bridgehead atoms. The van der Waals surface area contributed by atoms with E-state index < -0.39 is 0 Å². The van der Waals surface area contributed by atoms with E-state index in [2.05, 4.69) is 65.3 Å². The first kappa shape index (κ1) is 26.2. The molecule has 0 radical (unpaired) electrons. The van der Waals surface area contributed by atoms with Gasteiger partial charge in [-0.05, 0) is 36.8 Å². The Labute approximate surface area is 221 Å². The largest absolute Gasteiger partial charge is 0.369 e. The zero-order chi connectivity index (χ0) is 23.0. The second-order valence-corrected chi connectivity index (χ2v) is 9.51. The molecule has 4 aromatic rings. The molecule has 0 saturated carbocycles. The van der Waals surface area contributed by atoms with Crippen LogP contribution in [0.25, 0.3) is 21.8 Å². The van der Waals surface area contributed by atoms with Crippen LogP contribution in [0, 0.1) is 6.92 Å². The number of benzene rings is 3. The summed E-state index contributed by atoms with van der Waals surface area (Å²) in [4.78, 5) is 12.9. The van der Waals surface area contributed by atoms with Crippen molar-refractivity contribution in [3.8, 4) is 21.8 Å². The Kier molecular flexibility index (Phi) is 9.97. The Morgan fingerprint density at radius 1 is 0.853 bits per heavy atom. The van der Waals surface area contributed by atoms with Gasteiger partial charge in [0.15, 0.2) is 0 Å². The lowest BCUT2D eigenvalue weighted by Gasteiger charge is -2.22. The molecule has 176 valence electrons. The number of aromatic nitrogens is 1. The molecule has 0 aliphatic carbocycles. The summed E-state index contributed by atoms with van der Waals surface area (Å²) in [6, 6.07) is 26.8. The summed E-state index contributed by atoms with van der Waals surface area (Å²) in [7, 11) is 0. The number of rotatable bonds is 9. The summed E-state index contributed by atoms with van der Waals surface area (Å²) in [6.07, 6.45) is 1.88. The van der Waals surface area contributed by atoms with Crippen LogP contribution in [0.2, 0.25) is 0 Å². The summed E-state index contributed by atoms with van der Waals surface area (Å²) < 4.78 is 0. The highest BCUT2D eigenvalue weighted by Crippen LogP contribution is 2.33. The molecule has 0 amide bonds. The first-order chi connectivity index (χ1) is 16.2. The number of aliphatic imine (C=N–C) groups is 1. The normalized spacial score (nSPS) is 10.9. The Bertz CT molecular complexity index is 1180. The van der Waals surface area contributed by atoms with E-state index >= 15 is 0 Å². The van der Waals surface area contributed by atoms with E-state index in [1.807, 2.05) is 36.5 Å². The zero-order valence-corrected chi connectivity index (χ0v) is 22.0. The smallest absolute Gasteiger partial charge is 0.124 e. The maximum atomic E-state index is 5.91. The van der Waals surface area contributed by atoms with Crippen LogP contribution in [-0.4, -0.2) is 36.0 Å². The lowest BCUT2D eigenvalue weighted by molar-refractivity contribution is 0.874. The monoisotopic (exact) mass is 529 g/mol. The van der Waals surface area contributed by atoms with Gasteiger partial charge in [-0.1, -0.05) is 54.6 Å². The lowest BCUT2D eigenvalue weighted by atomic mass is 10.1. The third-order valence-corrected chi connectivity index (χ3v) is 6.65. The van der Waals surface area contributed by atoms with Crippen molar-refractivity contribution in [2.45, 2.75) is 6.92 Å². The van der Waals surface area contributed by atoms with Crippen LogP contribution in [0.4, 0.5) is 11.4 Å². The number of hydrogen-bond donors (Lipinski definition) is 0. The molecule has 0 saturated heterocycles. The van der Waals surface area contributed by atoms with Gasteiger partial charge in [0.2, 0.25) is 0 Å². The van der Waals surface area contributed by atoms with Crippen LogP contribution in [0.3, 0.4) is 0 Å². The molecule has 0 atom stereocenters. The van der Waals surface area contributed by atoms with Gasteiger partial charge in [-0.15, -0.1) is 46.9 Å². The Balaban J connectivity index is 0.00000324. The summed E-state index contributed by atoms with van der Waals surface area (Å²) in [6.45, 7) is 3.68. The average Bonchev–Trinajstić information content (AvgIpc) is 3.25. The van der Waals surface area contributed by atoms with E-state index in [9.17, 15) is 0 Å². The van der Waals surface area contributed by atoms with Gasteiger partial charge in [-0.2, -0.15) is 0 Å². The van der Waals surface area contributed by atoms with Crippen LogP contribution in [-0.2, 0) is 0 Å². The summed E-state index contributed by atoms with van der Waals surface area (Å²) in [5.74, 6) is 1.15. The topological polar surface area (TPSA) is 28.5 Å². The van der Waals surface area contributed by atoms with Crippen LogP contribution >= 0.6 is 46.9 Å². The van der Waals surface area contributed by atoms with Crippen LogP contribution in [0.15, 0.2) is 83.9 Å². The molecule has 1 aromatic heterocycles. The van der Waals surface area contributed by atoms with Gasteiger partial charge in [-0.3, -0.25) is 4.99 Å². The zero-order valence-electron chi connectivity index (χ0n) is 18.8. The summed E-state index contributed by atoms with van der Waals surface area (Å²) in [5, 5.41) is 1.05. The van der Waals surface area contributed by atoms with Crippen molar-refractivity contribution in [1.29, 1.82) is 0 Å². The van der Waals surface area contributed by atoms with Crippen LogP contribution in [0.5, 0.6) is 0 Å². The van der Waals surface area contributed by atoms with E-state index in [0.717, 1.165) is 51.9 Å². The van der Waals surface area contributed by atoms with Crippen molar-refractivity contribution >= 4 is 64.5 Å². The fourth-order valence-electron chi connectivity index (χ4n) is 3.57. The van der Waals surface area contributed by atoms with E-state index in [-0.39, 0.29) is 12.4 Å². The number of thiazole rings is 1. The molecule has 0 N–H and O–H groups in total. The minimum Gasteiger partial charge on any atom is -0.369 e. The fourth-order valence-corrected chi connectivity index (χ4v) is 4.92. The molecular weight excluding hydrogens is 505 g/mol. The average molecular weight is 531 g/mol. The van der Waals surface area contributed by atoms with Gasteiger partial charge >= 0.3 is 0 Å². The van der Waals surface area contributed by atoms with E-state index in [0.29, 0.717) is 11.8 Å². The molecule has 0 spiro atoms. The van der Waals surface area contributed by atoms with Crippen molar-refractivity contribution in [3.63, 3.8) is 0 Å². The maximum Gasteiger partial charge on any atom is 0.124 e. The van der Waals surface area contributed by atoms with Crippen molar-refractivity contribution in [2.24, 2.45) is 4.99 Å². The molecule has 7 heteroatoms. The molecule has 34 heavy (non-hydrogen) atoms. The number of halogens is 3. The van der Waals surface area contributed by atoms with E-state index in [4.69, 9.17) is 28.2 Å². The number of hydrogen-bond acceptors (Lipinski definition) is 4. The molecule has 3 aromatic carbocycles. The first-order valence-electron chi connectivity index (χ1n) is 10.8. The predicted octanol–water partition coefficient (Wildman–Crippen LogP) is 8.24. The second kappa shape index (κ2) is 12.9. The van der Waals surface area contributed by atoms with Crippen molar-refractivity contribution < 1.29 is 0 Å². The number of aryl methyl sites for hydroxylation is 1. The standard InChI is InChI=1S/C27H25Cl2N3S.ClH/c1-20-26(31-27(33-20)23-5-3-2-4-6-23)22-9-11-24(12-10-22)30-19-21-7-13-25(14-8-21)32(17-15-28)18-16-29;/h2-14,19H,15-18H2,1H3;1H. The van der Waals surface area contributed by atoms with E-state index in [1.165, 1.54) is 4.88 Å². The Morgan fingerprint density at radius 3 is 2.12 bits per heavy atom. The van der Waals surface area contributed by atoms with Gasteiger partial charge in [0.1, 0.15) is 5.01 Å². The molecule has 4 rings (SSSR count). The quantitative estimate of drug-likeness (QED) is 0.161. The Hall–Kier alpha value is -2.37. The van der Waals surface area contributed by atoms with Crippen LogP contribution in [0.1, 0.15) is 10.4 Å². The third kappa shape index (κ3) is 6.61. The highest BCUT2D eigenvalue weighted by molar-refractivity contribution is 7.15. The third-order valence-electron chi connectivity index (χ3n) is 5.29. The van der Waals surface area contributed by atoms with Gasteiger partial charge in [0.05, 0.1) is 11.4 Å². The molecule has 0 unspecified atom stereocenters. The lowest BCUT2D eigenvalue weighted by Crippen LogP contribution is -2.27. The van der Waals surface area contributed by atoms with Gasteiger partial charge in [0.25, 0.3) is 0 Å². The minimum absolute atomic E-state index is 0. The van der Waals surface area contributed by atoms with E-state index in [1.54, 1.807) is 11.3 Å². The van der Waals surface area contributed by atoms with Crippen molar-refractivity contribution in [3.05, 3.63) is 89.3 Å². The molecule has 1 heterocycles. The fraction of sp³-hybridized carbons (Fsp3) is 0.185. The number of alkyl halides is 2. The summed E-state index contributed by atoms with van der Waals surface area (Å²) in [5.41, 5.74) is 6.35.